The van der Waals surface area contributed by atoms with Crippen molar-refractivity contribution in [2.45, 2.75) is 51.7 Å². The largest absolute Gasteiger partial charge is 0.456 e. The SMILES string of the molecule is CC(C)(C)OC(=O)NCc1cc2cc(-c3ccc(C(=O)N4CCC(F)(F)CC4)cn3)c(F)c(F)c2o1. The predicted octanol–water partition coefficient (Wildman–Crippen LogP) is 5.67. The highest BCUT2D eigenvalue weighted by molar-refractivity contribution is 5.94. The molecule has 0 unspecified atom stereocenters. The van der Waals surface area contributed by atoms with Crippen LogP contribution in [0.4, 0.5) is 22.4 Å². The van der Waals surface area contributed by atoms with Crippen LogP contribution < -0.4 is 5.32 Å². The Balaban J connectivity index is 1.51. The summed E-state index contributed by atoms with van der Waals surface area (Å²) in [6.45, 7) is 4.87. The number of nitrogens with one attached hydrogen (secondary N) is 1. The van der Waals surface area contributed by atoms with Gasteiger partial charge in [-0.1, -0.05) is 0 Å². The van der Waals surface area contributed by atoms with E-state index in [-0.39, 0.29) is 53.2 Å². The van der Waals surface area contributed by atoms with Gasteiger partial charge < -0.3 is 19.4 Å². The van der Waals surface area contributed by atoms with E-state index in [0.717, 1.165) is 0 Å². The van der Waals surface area contributed by atoms with Gasteiger partial charge in [-0.2, -0.15) is 4.39 Å². The van der Waals surface area contributed by atoms with Crippen LogP contribution in [0.15, 0.2) is 34.9 Å². The summed E-state index contributed by atoms with van der Waals surface area (Å²) in [7, 11) is 0. The molecule has 192 valence electrons. The summed E-state index contributed by atoms with van der Waals surface area (Å²) in [4.78, 5) is 29.8. The maximum Gasteiger partial charge on any atom is 0.408 e. The van der Waals surface area contributed by atoms with Crippen molar-refractivity contribution in [3.05, 3.63) is 53.4 Å². The standard InChI is InChI=1S/C25H25F4N3O4/c1-24(2,3)36-23(34)31-13-16-10-15-11-17(19(26)20(27)21(15)35-16)18-5-4-14(12-30-18)22(33)32-8-6-25(28,29)7-9-32/h4-5,10-12H,6-9,13H2,1-3H3,(H,31,34). The molecule has 3 heterocycles. The fourth-order valence-corrected chi connectivity index (χ4v) is 3.82. The molecule has 7 nitrogen and oxygen atoms in total. The van der Waals surface area contributed by atoms with Gasteiger partial charge in [0.15, 0.2) is 11.4 Å². The third kappa shape index (κ3) is 5.60. The third-order valence-electron chi connectivity index (χ3n) is 5.61. The fourth-order valence-electron chi connectivity index (χ4n) is 3.82. The number of hydrogen-bond acceptors (Lipinski definition) is 5. The Labute approximate surface area is 204 Å². The van der Waals surface area contributed by atoms with Crippen molar-refractivity contribution in [3.63, 3.8) is 0 Å². The Morgan fingerprint density at radius 2 is 1.83 bits per heavy atom. The van der Waals surface area contributed by atoms with Gasteiger partial charge in [-0.3, -0.25) is 9.78 Å². The van der Waals surface area contributed by atoms with Crippen LogP contribution >= 0.6 is 0 Å². The smallest absolute Gasteiger partial charge is 0.408 e. The van der Waals surface area contributed by atoms with Crippen molar-refractivity contribution in [2.75, 3.05) is 13.1 Å². The Kier molecular flexibility index (Phi) is 6.68. The van der Waals surface area contributed by atoms with E-state index in [4.69, 9.17) is 9.15 Å². The number of fused-ring (bicyclic) bond motifs is 1. The molecule has 0 radical (unpaired) electrons. The van der Waals surface area contributed by atoms with Gasteiger partial charge in [0.2, 0.25) is 5.82 Å². The number of piperidine rings is 1. The fraction of sp³-hybridized carbons (Fsp3) is 0.400. The summed E-state index contributed by atoms with van der Waals surface area (Å²) in [5, 5.41) is 2.74. The maximum atomic E-state index is 14.8. The molecule has 3 aromatic rings. The van der Waals surface area contributed by atoms with Crippen molar-refractivity contribution in [1.29, 1.82) is 0 Å². The number of halogens is 4. The van der Waals surface area contributed by atoms with Crippen molar-refractivity contribution in [1.82, 2.24) is 15.2 Å². The first-order valence-corrected chi connectivity index (χ1v) is 11.3. The van der Waals surface area contributed by atoms with E-state index in [2.05, 4.69) is 10.3 Å². The second-order valence-corrected chi connectivity index (χ2v) is 9.62. The molecule has 1 saturated heterocycles. The molecule has 1 aliphatic rings. The summed E-state index contributed by atoms with van der Waals surface area (Å²) >= 11 is 0. The minimum Gasteiger partial charge on any atom is -0.456 e. The molecule has 0 saturated carbocycles. The number of amides is 2. The van der Waals surface area contributed by atoms with Crippen molar-refractivity contribution >= 4 is 23.0 Å². The van der Waals surface area contributed by atoms with Gasteiger partial charge in [-0.25, -0.2) is 18.0 Å². The average molecular weight is 507 g/mol. The van der Waals surface area contributed by atoms with Gasteiger partial charge in [-0.15, -0.1) is 0 Å². The number of nitrogens with zero attached hydrogens (tertiary/aromatic N) is 2. The highest BCUT2D eigenvalue weighted by Crippen LogP contribution is 2.32. The van der Waals surface area contributed by atoms with Crippen LogP contribution in [-0.2, 0) is 11.3 Å². The highest BCUT2D eigenvalue weighted by atomic mass is 19.3. The van der Waals surface area contributed by atoms with Gasteiger partial charge in [0.05, 0.1) is 17.8 Å². The van der Waals surface area contributed by atoms with Crippen LogP contribution in [0.1, 0.15) is 49.7 Å². The number of alkyl carbamates (subject to hydrolysis) is 1. The van der Waals surface area contributed by atoms with E-state index in [1.165, 1.54) is 35.4 Å². The van der Waals surface area contributed by atoms with Crippen LogP contribution in [-0.4, -0.2) is 46.5 Å². The molecule has 11 heteroatoms. The molecule has 1 aromatic carbocycles. The number of pyridine rings is 1. The molecule has 36 heavy (non-hydrogen) atoms. The molecule has 4 rings (SSSR count). The van der Waals surface area contributed by atoms with Gasteiger partial charge >= 0.3 is 6.09 Å². The first kappa shape index (κ1) is 25.5. The first-order chi connectivity index (χ1) is 16.8. The lowest BCUT2D eigenvalue weighted by Crippen LogP contribution is -2.42. The number of likely N-dealkylation sites (tertiary alicyclic amines) is 1. The zero-order chi connectivity index (χ0) is 26.3. The molecule has 1 fully saturated rings. The number of hydrogen-bond donors (Lipinski definition) is 1. The van der Waals surface area contributed by atoms with Gasteiger partial charge in [-0.05, 0) is 45.0 Å². The molecule has 2 aromatic heterocycles. The molecule has 0 spiro atoms. The van der Waals surface area contributed by atoms with Gasteiger partial charge in [0, 0.05) is 43.1 Å². The van der Waals surface area contributed by atoms with E-state index in [1.807, 2.05) is 0 Å². The zero-order valence-electron chi connectivity index (χ0n) is 20.0. The molecule has 0 atom stereocenters. The summed E-state index contributed by atoms with van der Waals surface area (Å²) in [6.07, 6.45) is -0.298. The zero-order valence-corrected chi connectivity index (χ0v) is 20.0. The second kappa shape index (κ2) is 9.44. The van der Waals surface area contributed by atoms with E-state index in [0.29, 0.717) is 0 Å². The number of furan rings is 1. The quantitative estimate of drug-likeness (QED) is 0.460. The van der Waals surface area contributed by atoms with E-state index in [9.17, 15) is 27.2 Å². The number of ether oxygens (including phenoxy) is 1. The Bertz CT molecular complexity index is 1290. The lowest BCUT2D eigenvalue weighted by atomic mass is 10.0. The van der Waals surface area contributed by atoms with E-state index >= 15 is 0 Å². The third-order valence-corrected chi connectivity index (χ3v) is 5.61. The van der Waals surface area contributed by atoms with Crippen molar-refractivity contribution in [2.24, 2.45) is 0 Å². The average Bonchev–Trinajstić information content (AvgIpc) is 3.22. The number of carbonyl (C=O) groups is 2. The molecule has 1 N–H and O–H groups in total. The Hall–Kier alpha value is -3.63. The van der Waals surface area contributed by atoms with Crippen LogP contribution in [0.2, 0.25) is 0 Å². The number of rotatable bonds is 4. The first-order valence-electron chi connectivity index (χ1n) is 11.3. The van der Waals surface area contributed by atoms with Crippen LogP contribution in [0.3, 0.4) is 0 Å². The number of alkyl halides is 2. The molecular formula is C25H25F4N3O4. The highest BCUT2D eigenvalue weighted by Gasteiger charge is 2.35. The molecule has 1 aliphatic heterocycles. The number of aromatic nitrogens is 1. The van der Waals surface area contributed by atoms with Crippen molar-refractivity contribution in [3.8, 4) is 11.3 Å². The molecule has 0 aliphatic carbocycles. The lowest BCUT2D eigenvalue weighted by molar-refractivity contribution is -0.0494. The Morgan fingerprint density at radius 1 is 1.14 bits per heavy atom. The Morgan fingerprint density at radius 3 is 2.44 bits per heavy atom. The summed E-state index contributed by atoms with van der Waals surface area (Å²) in [6, 6.07) is 5.57. The minimum atomic E-state index is -2.78. The normalized spacial score (nSPS) is 15.7. The van der Waals surface area contributed by atoms with Crippen LogP contribution in [0, 0.1) is 11.6 Å². The van der Waals surface area contributed by atoms with Gasteiger partial charge in [0.25, 0.3) is 11.8 Å². The number of benzene rings is 1. The number of carbonyl (C=O) groups excluding carboxylic acids is 2. The monoisotopic (exact) mass is 507 g/mol. The predicted molar refractivity (Wildman–Crippen MR) is 123 cm³/mol. The minimum absolute atomic E-state index is 0.0737. The summed E-state index contributed by atoms with van der Waals surface area (Å²) in [5.41, 5.74) is -0.929. The molecular weight excluding hydrogens is 482 g/mol. The lowest BCUT2D eigenvalue weighted by Gasteiger charge is -2.31. The second-order valence-electron chi connectivity index (χ2n) is 9.62. The molecule has 2 amide bonds. The van der Waals surface area contributed by atoms with E-state index < -0.39 is 48.0 Å². The topological polar surface area (TPSA) is 84.7 Å². The van der Waals surface area contributed by atoms with E-state index in [1.54, 1.807) is 20.8 Å². The van der Waals surface area contributed by atoms with Crippen LogP contribution in [0.25, 0.3) is 22.2 Å². The van der Waals surface area contributed by atoms with Crippen LogP contribution in [0.5, 0.6) is 0 Å². The molecule has 0 bridgehead atoms. The van der Waals surface area contributed by atoms with Crippen molar-refractivity contribution < 1.29 is 36.3 Å². The maximum absolute atomic E-state index is 14.8. The summed E-state index contributed by atoms with van der Waals surface area (Å²) in [5.74, 6) is -5.45. The summed E-state index contributed by atoms with van der Waals surface area (Å²) < 4.78 is 66.8. The van der Waals surface area contributed by atoms with Gasteiger partial charge in [0.1, 0.15) is 11.4 Å².